The highest BCUT2D eigenvalue weighted by Gasteiger charge is 1.95. The molecule has 0 aliphatic heterocycles. The van der Waals surface area contributed by atoms with Crippen LogP contribution in [0.5, 0.6) is 5.75 Å². The summed E-state index contributed by atoms with van der Waals surface area (Å²) in [5, 5.41) is 9.37. The van der Waals surface area contributed by atoms with Crippen LogP contribution in [0.4, 0.5) is 0 Å². The summed E-state index contributed by atoms with van der Waals surface area (Å²) in [5.41, 5.74) is 1.64. The van der Waals surface area contributed by atoms with Crippen molar-refractivity contribution in [1.82, 2.24) is 0 Å². The fourth-order valence-corrected chi connectivity index (χ4v) is 0.943. The minimum Gasteiger partial charge on any atom is -0.507 e. The van der Waals surface area contributed by atoms with Crippen LogP contribution in [0.2, 0.25) is 0 Å². The highest BCUT2D eigenvalue weighted by molar-refractivity contribution is 6.19. The maximum Gasteiger partial charge on any atom is 0.131 e. The molecule has 0 heterocycles. The molecule has 1 aromatic rings. The van der Waals surface area contributed by atoms with Crippen molar-refractivity contribution < 1.29 is 5.11 Å². The molecular weight excluding hydrogens is 172 g/mol. The molecule has 0 atom stereocenters. The average Bonchev–Trinajstić information content (AvgIpc) is 2.03. The number of hydrogen-bond acceptors (Lipinski definition) is 1. The Balaban J connectivity index is 3.01. The van der Waals surface area contributed by atoms with Crippen LogP contribution in [0.3, 0.4) is 0 Å². The van der Waals surface area contributed by atoms with Crippen LogP contribution < -0.4 is 0 Å². The van der Waals surface area contributed by atoms with E-state index in [1.807, 2.05) is 13.0 Å². The molecule has 0 amide bonds. The molecular formula is C10H9ClO. The van der Waals surface area contributed by atoms with Gasteiger partial charge in [0.1, 0.15) is 5.75 Å². The van der Waals surface area contributed by atoms with Crippen LogP contribution in [0, 0.1) is 18.8 Å². The third kappa shape index (κ3) is 2.18. The summed E-state index contributed by atoms with van der Waals surface area (Å²) in [6, 6.07) is 5.36. The fourth-order valence-electron chi connectivity index (χ4n) is 0.876. The van der Waals surface area contributed by atoms with Crippen LogP contribution in [-0.4, -0.2) is 11.0 Å². The SMILES string of the molecule is Cc1ccc(C#CCCl)c(O)c1. The second kappa shape index (κ2) is 4.04. The zero-order chi connectivity index (χ0) is 8.97. The molecule has 1 aromatic carbocycles. The molecule has 0 saturated carbocycles. The van der Waals surface area contributed by atoms with E-state index in [-0.39, 0.29) is 11.6 Å². The van der Waals surface area contributed by atoms with E-state index in [2.05, 4.69) is 11.8 Å². The Morgan fingerprint density at radius 3 is 2.83 bits per heavy atom. The average molecular weight is 181 g/mol. The standard InChI is InChI=1S/C10H9ClO/c1-8-4-5-9(3-2-6-11)10(12)7-8/h4-5,7,12H,6H2,1H3. The number of alkyl halides is 1. The van der Waals surface area contributed by atoms with E-state index in [1.54, 1.807) is 12.1 Å². The van der Waals surface area contributed by atoms with Crippen LogP contribution in [0.25, 0.3) is 0 Å². The quantitative estimate of drug-likeness (QED) is 0.480. The Kier molecular flexibility index (Phi) is 3.01. The predicted octanol–water partition coefficient (Wildman–Crippen LogP) is 2.29. The van der Waals surface area contributed by atoms with Gasteiger partial charge in [-0.25, -0.2) is 0 Å². The molecule has 0 radical (unpaired) electrons. The van der Waals surface area contributed by atoms with Gasteiger partial charge < -0.3 is 5.11 Å². The van der Waals surface area contributed by atoms with E-state index in [0.717, 1.165) is 5.56 Å². The van der Waals surface area contributed by atoms with Crippen LogP contribution in [0.15, 0.2) is 18.2 Å². The number of benzene rings is 1. The van der Waals surface area contributed by atoms with Gasteiger partial charge in [0, 0.05) is 0 Å². The number of phenols is 1. The molecule has 1 rings (SSSR count). The maximum atomic E-state index is 9.37. The van der Waals surface area contributed by atoms with Gasteiger partial charge >= 0.3 is 0 Å². The molecule has 0 aliphatic carbocycles. The molecule has 2 heteroatoms. The van der Waals surface area contributed by atoms with E-state index < -0.39 is 0 Å². The van der Waals surface area contributed by atoms with Crippen LogP contribution >= 0.6 is 11.6 Å². The van der Waals surface area contributed by atoms with Gasteiger partial charge in [0.25, 0.3) is 0 Å². The maximum absolute atomic E-state index is 9.37. The van der Waals surface area contributed by atoms with Crippen molar-refractivity contribution in [2.24, 2.45) is 0 Å². The highest BCUT2D eigenvalue weighted by Crippen LogP contribution is 2.16. The Bertz CT molecular complexity index is 333. The summed E-state index contributed by atoms with van der Waals surface area (Å²) >= 11 is 5.38. The Morgan fingerprint density at radius 2 is 2.25 bits per heavy atom. The predicted molar refractivity (Wildman–Crippen MR) is 50.4 cm³/mol. The van der Waals surface area contributed by atoms with Crippen LogP contribution in [-0.2, 0) is 0 Å². The molecule has 0 aliphatic rings. The summed E-state index contributed by atoms with van der Waals surface area (Å²) in [4.78, 5) is 0. The first-order valence-corrected chi connectivity index (χ1v) is 4.12. The van der Waals surface area contributed by atoms with Crippen molar-refractivity contribution in [2.45, 2.75) is 6.92 Å². The van der Waals surface area contributed by atoms with Gasteiger partial charge in [-0.15, -0.1) is 11.6 Å². The first kappa shape index (κ1) is 8.96. The lowest BCUT2D eigenvalue weighted by Crippen LogP contribution is -1.78. The van der Waals surface area contributed by atoms with Crippen molar-refractivity contribution in [2.75, 3.05) is 5.88 Å². The van der Waals surface area contributed by atoms with Crippen molar-refractivity contribution in [1.29, 1.82) is 0 Å². The summed E-state index contributed by atoms with van der Waals surface area (Å²) in [5.74, 6) is 5.94. The van der Waals surface area contributed by atoms with E-state index in [0.29, 0.717) is 5.56 Å². The fraction of sp³-hybridized carbons (Fsp3) is 0.200. The largest absolute Gasteiger partial charge is 0.507 e. The topological polar surface area (TPSA) is 20.2 Å². The Morgan fingerprint density at radius 1 is 1.50 bits per heavy atom. The zero-order valence-electron chi connectivity index (χ0n) is 6.76. The van der Waals surface area contributed by atoms with Gasteiger partial charge in [-0.1, -0.05) is 17.9 Å². The third-order valence-corrected chi connectivity index (χ3v) is 1.58. The van der Waals surface area contributed by atoms with E-state index in [1.165, 1.54) is 0 Å². The molecule has 0 spiro atoms. The minimum atomic E-state index is 0.215. The highest BCUT2D eigenvalue weighted by atomic mass is 35.5. The van der Waals surface area contributed by atoms with Gasteiger partial charge in [-0.3, -0.25) is 0 Å². The van der Waals surface area contributed by atoms with Crippen molar-refractivity contribution in [3.05, 3.63) is 29.3 Å². The smallest absolute Gasteiger partial charge is 0.131 e. The molecule has 1 nitrogen and oxygen atoms in total. The summed E-state index contributed by atoms with van der Waals surface area (Å²) in [7, 11) is 0. The molecule has 1 N–H and O–H groups in total. The Labute approximate surface area is 77.0 Å². The molecule has 12 heavy (non-hydrogen) atoms. The van der Waals surface area contributed by atoms with Gasteiger partial charge in [0.05, 0.1) is 11.4 Å². The second-order valence-electron chi connectivity index (χ2n) is 2.46. The van der Waals surface area contributed by atoms with E-state index >= 15 is 0 Å². The number of phenolic OH excluding ortho intramolecular Hbond substituents is 1. The molecule has 0 bridgehead atoms. The normalized spacial score (nSPS) is 8.83. The van der Waals surface area contributed by atoms with Gasteiger partial charge in [0.2, 0.25) is 0 Å². The van der Waals surface area contributed by atoms with Gasteiger partial charge in [-0.2, -0.15) is 0 Å². The van der Waals surface area contributed by atoms with Gasteiger partial charge in [0.15, 0.2) is 0 Å². The lowest BCUT2D eigenvalue weighted by molar-refractivity contribution is 0.473. The van der Waals surface area contributed by atoms with E-state index in [4.69, 9.17) is 11.6 Å². The molecule has 0 aromatic heterocycles. The van der Waals surface area contributed by atoms with Gasteiger partial charge in [-0.05, 0) is 24.6 Å². The monoisotopic (exact) mass is 180 g/mol. The summed E-state index contributed by atoms with van der Waals surface area (Å²) in [6.45, 7) is 1.92. The van der Waals surface area contributed by atoms with Crippen molar-refractivity contribution >= 4 is 11.6 Å². The first-order chi connectivity index (χ1) is 5.74. The summed E-state index contributed by atoms with van der Waals surface area (Å²) < 4.78 is 0. The number of aryl methyl sites for hydroxylation is 1. The molecule has 0 fully saturated rings. The molecule has 62 valence electrons. The van der Waals surface area contributed by atoms with Crippen molar-refractivity contribution in [3.63, 3.8) is 0 Å². The second-order valence-corrected chi connectivity index (χ2v) is 2.72. The zero-order valence-corrected chi connectivity index (χ0v) is 7.52. The minimum absolute atomic E-state index is 0.215. The number of hydrogen-bond donors (Lipinski definition) is 1. The third-order valence-electron chi connectivity index (χ3n) is 1.44. The summed E-state index contributed by atoms with van der Waals surface area (Å²) in [6.07, 6.45) is 0. The van der Waals surface area contributed by atoms with E-state index in [9.17, 15) is 5.11 Å². The first-order valence-electron chi connectivity index (χ1n) is 3.58. The Hall–Kier alpha value is -1.13. The lowest BCUT2D eigenvalue weighted by Gasteiger charge is -1.97. The number of rotatable bonds is 0. The number of aromatic hydroxyl groups is 1. The lowest BCUT2D eigenvalue weighted by atomic mass is 10.1. The molecule has 0 saturated heterocycles. The van der Waals surface area contributed by atoms with Crippen molar-refractivity contribution in [3.8, 4) is 17.6 Å². The van der Waals surface area contributed by atoms with Crippen LogP contribution in [0.1, 0.15) is 11.1 Å². The number of halogens is 1. The molecule has 0 unspecified atom stereocenters.